The third kappa shape index (κ3) is 6.06. The summed E-state index contributed by atoms with van der Waals surface area (Å²) in [5.74, 6) is 0.916. The van der Waals surface area contributed by atoms with Crippen LogP contribution in [0.25, 0.3) is 0 Å². The van der Waals surface area contributed by atoms with Crippen LogP contribution in [-0.2, 0) is 4.79 Å². The number of nitrogens with one attached hydrogen (secondary N) is 1. The van der Waals surface area contributed by atoms with Gasteiger partial charge < -0.3 is 15.0 Å². The van der Waals surface area contributed by atoms with Crippen LogP contribution in [0.1, 0.15) is 46.0 Å². The summed E-state index contributed by atoms with van der Waals surface area (Å²) < 4.78 is 5.59. The Balaban J connectivity index is 1.74. The van der Waals surface area contributed by atoms with Crippen molar-refractivity contribution in [3.05, 3.63) is 24.3 Å². The van der Waals surface area contributed by atoms with Crippen molar-refractivity contribution in [1.82, 2.24) is 4.90 Å². The van der Waals surface area contributed by atoms with Crippen LogP contribution in [0.15, 0.2) is 24.3 Å². The summed E-state index contributed by atoms with van der Waals surface area (Å²) in [5.41, 5.74) is 0.831. The van der Waals surface area contributed by atoms with Gasteiger partial charge in [-0.1, -0.05) is 12.8 Å². The average molecular weight is 304 g/mol. The first-order chi connectivity index (χ1) is 10.6. The van der Waals surface area contributed by atoms with Crippen LogP contribution in [0.3, 0.4) is 0 Å². The molecule has 2 rings (SSSR count). The minimum absolute atomic E-state index is 0.0850. The van der Waals surface area contributed by atoms with Crippen molar-refractivity contribution in [3.63, 3.8) is 0 Å². The highest BCUT2D eigenvalue weighted by Crippen LogP contribution is 2.17. The Morgan fingerprint density at radius 3 is 2.36 bits per heavy atom. The predicted octanol–water partition coefficient (Wildman–Crippen LogP) is 3.68. The zero-order valence-corrected chi connectivity index (χ0v) is 13.8. The van der Waals surface area contributed by atoms with E-state index in [2.05, 4.69) is 10.2 Å². The maximum atomic E-state index is 12.0. The zero-order valence-electron chi connectivity index (χ0n) is 13.8. The molecule has 1 aromatic rings. The quantitative estimate of drug-likeness (QED) is 0.871. The minimum Gasteiger partial charge on any atom is -0.491 e. The SMILES string of the molecule is CC(C)Oc1ccc(NC(=O)CCN2CCCCCC2)cc1. The molecule has 1 amide bonds. The Labute approximate surface area is 133 Å². The first kappa shape index (κ1) is 16.8. The minimum atomic E-state index is 0.0850. The molecule has 0 atom stereocenters. The van der Waals surface area contributed by atoms with Crippen LogP contribution >= 0.6 is 0 Å². The molecule has 22 heavy (non-hydrogen) atoms. The molecule has 0 aliphatic carbocycles. The van der Waals surface area contributed by atoms with Gasteiger partial charge in [0.05, 0.1) is 6.10 Å². The van der Waals surface area contributed by atoms with Gasteiger partial charge in [-0.25, -0.2) is 0 Å². The van der Waals surface area contributed by atoms with E-state index in [-0.39, 0.29) is 12.0 Å². The highest BCUT2D eigenvalue weighted by molar-refractivity contribution is 5.90. The molecule has 0 saturated carbocycles. The van der Waals surface area contributed by atoms with E-state index in [9.17, 15) is 4.79 Å². The highest BCUT2D eigenvalue weighted by Gasteiger charge is 2.11. The van der Waals surface area contributed by atoms with Crippen LogP contribution in [0.4, 0.5) is 5.69 Å². The summed E-state index contributed by atoms with van der Waals surface area (Å²) in [6.07, 6.45) is 5.90. The van der Waals surface area contributed by atoms with Gasteiger partial charge in [0, 0.05) is 18.7 Å². The van der Waals surface area contributed by atoms with Crippen molar-refractivity contribution in [1.29, 1.82) is 0 Å². The molecule has 1 N–H and O–H groups in total. The van der Waals surface area contributed by atoms with E-state index in [1.165, 1.54) is 25.7 Å². The van der Waals surface area contributed by atoms with Gasteiger partial charge in [-0.3, -0.25) is 4.79 Å². The van der Waals surface area contributed by atoms with E-state index in [1.807, 2.05) is 38.1 Å². The molecule has 0 spiro atoms. The fourth-order valence-electron chi connectivity index (χ4n) is 2.73. The van der Waals surface area contributed by atoms with E-state index >= 15 is 0 Å². The summed E-state index contributed by atoms with van der Waals surface area (Å²) in [5, 5.41) is 2.96. The maximum absolute atomic E-state index is 12.0. The predicted molar refractivity (Wildman–Crippen MR) is 90.4 cm³/mol. The summed E-state index contributed by atoms with van der Waals surface area (Å²) in [6.45, 7) is 7.13. The molecule has 0 aromatic heterocycles. The normalized spacial score (nSPS) is 16.3. The van der Waals surface area contributed by atoms with Gasteiger partial charge in [0.25, 0.3) is 0 Å². The lowest BCUT2D eigenvalue weighted by Gasteiger charge is -2.19. The van der Waals surface area contributed by atoms with E-state index in [4.69, 9.17) is 4.74 Å². The van der Waals surface area contributed by atoms with Crippen molar-refractivity contribution in [3.8, 4) is 5.75 Å². The molecular weight excluding hydrogens is 276 g/mol. The van der Waals surface area contributed by atoms with Gasteiger partial charge in [-0.2, -0.15) is 0 Å². The number of carbonyl (C=O) groups is 1. The van der Waals surface area contributed by atoms with Gasteiger partial charge >= 0.3 is 0 Å². The number of anilines is 1. The number of hydrogen-bond donors (Lipinski definition) is 1. The van der Waals surface area contributed by atoms with E-state index in [1.54, 1.807) is 0 Å². The molecule has 1 aromatic carbocycles. The van der Waals surface area contributed by atoms with Crippen molar-refractivity contribution in [2.75, 3.05) is 25.0 Å². The molecule has 1 aliphatic rings. The second-order valence-electron chi connectivity index (χ2n) is 6.25. The first-order valence-electron chi connectivity index (χ1n) is 8.42. The largest absolute Gasteiger partial charge is 0.491 e. The Morgan fingerprint density at radius 1 is 1.14 bits per heavy atom. The van der Waals surface area contributed by atoms with Gasteiger partial charge in [0.2, 0.25) is 5.91 Å². The number of carbonyl (C=O) groups excluding carboxylic acids is 1. The Kier molecular flexibility index (Phi) is 6.72. The fourth-order valence-corrected chi connectivity index (χ4v) is 2.73. The number of benzene rings is 1. The Bertz CT molecular complexity index is 449. The van der Waals surface area contributed by atoms with E-state index in [0.29, 0.717) is 6.42 Å². The van der Waals surface area contributed by atoms with Crippen LogP contribution in [0, 0.1) is 0 Å². The van der Waals surface area contributed by atoms with Crippen molar-refractivity contribution in [2.24, 2.45) is 0 Å². The summed E-state index contributed by atoms with van der Waals surface area (Å²) in [7, 11) is 0. The standard InChI is InChI=1S/C18H28N2O2/c1-15(2)22-17-9-7-16(8-10-17)19-18(21)11-14-20-12-5-3-4-6-13-20/h7-10,15H,3-6,11-14H2,1-2H3,(H,19,21). The molecule has 4 heteroatoms. The maximum Gasteiger partial charge on any atom is 0.225 e. The van der Waals surface area contributed by atoms with Gasteiger partial charge in [-0.15, -0.1) is 0 Å². The smallest absolute Gasteiger partial charge is 0.225 e. The Hall–Kier alpha value is -1.55. The molecule has 0 unspecified atom stereocenters. The number of amides is 1. The number of likely N-dealkylation sites (tertiary alicyclic amines) is 1. The molecule has 1 heterocycles. The van der Waals surface area contributed by atoms with Crippen molar-refractivity contribution >= 4 is 11.6 Å². The lowest BCUT2D eigenvalue weighted by atomic mass is 10.2. The van der Waals surface area contributed by atoms with Crippen LogP contribution in [0.5, 0.6) is 5.75 Å². The molecule has 1 fully saturated rings. The number of nitrogens with zero attached hydrogens (tertiary/aromatic N) is 1. The molecule has 4 nitrogen and oxygen atoms in total. The molecule has 1 aliphatic heterocycles. The molecule has 122 valence electrons. The first-order valence-corrected chi connectivity index (χ1v) is 8.42. The number of ether oxygens (including phenoxy) is 1. The summed E-state index contributed by atoms with van der Waals surface area (Å²) in [4.78, 5) is 14.4. The lowest BCUT2D eigenvalue weighted by Crippen LogP contribution is -2.28. The lowest BCUT2D eigenvalue weighted by molar-refractivity contribution is -0.116. The van der Waals surface area contributed by atoms with E-state index < -0.39 is 0 Å². The van der Waals surface area contributed by atoms with Gasteiger partial charge in [-0.05, 0) is 64.0 Å². The molecule has 0 radical (unpaired) electrons. The topological polar surface area (TPSA) is 41.6 Å². The van der Waals surface area contributed by atoms with Crippen LogP contribution in [0.2, 0.25) is 0 Å². The monoisotopic (exact) mass is 304 g/mol. The fraction of sp³-hybridized carbons (Fsp3) is 0.611. The zero-order chi connectivity index (χ0) is 15.8. The molecule has 0 bridgehead atoms. The molecular formula is C18H28N2O2. The molecule has 1 saturated heterocycles. The number of rotatable bonds is 6. The van der Waals surface area contributed by atoms with Gasteiger partial charge in [0.1, 0.15) is 5.75 Å². The van der Waals surface area contributed by atoms with Crippen LogP contribution in [-0.4, -0.2) is 36.5 Å². The Morgan fingerprint density at radius 2 is 1.77 bits per heavy atom. The summed E-state index contributed by atoms with van der Waals surface area (Å²) >= 11 is 0. The van der Waals surface area contributed by atoms with Gasteiger partial charge in [0.15, 0.2) is 0 Å². The van der Waals surface area contributed by atoms with Crippen molar-refractivity contribution in [2.45, 2.75) is 52.1 Å². The van der Waals surface area contributed by atoms with Crippen molar-refractivity contribution < 1.29 is 9.53 Å². The highest BCUT2D eigenvalue weighted by atomic mass is 16.5. The van der Waals surface area contributed by atoms with Crippen LogP contribution < -0.4 is 10.1 Å². The number of hydrogen-bond acceptors (Lipinski definition) is 3. The third-order valence-corrected chi connectivity index (χ3v) is 3.86. The second-order valence-corrected chi connectivity index (χ2v) is 6.25. The third-order valence-electron chi connectivity index (χ3n) is 3.86. The van der Waals surface area contributed by atoms with E-state index in [0.717, 1.165) is 31.1 Å². The second kappa shape index (κ2) is 8.79. The summed E-state index contributed by atoms with van der Waals surface area (Å²) in [6, 6.07) is 7.57. The average Bonchev–Trinajstić information content (AvgIpc) is 2.75.